The first-order valence-electron chi connectivity index (χ1n) is 9.96. The molecule has 0 radical (unpaired) electrons. The van der Waals surface area contributed by atoms with Crippen molar-refractivity contribution >= 4 is 27.3 Å². The Hall–Kier alpha value is -2.54. The van der Waals surface area contributed by atoms with Gasteiger partial charge in [0.15, 0.2) is 0 Å². The molecule has 0 spiro atoms. The van der Waals surface area contributed by atoms with Gasteiger partial charge in [0.1, 0.15) is 6.04 Å². The maximum Gasteiger partial charge on any atom is 0.246 e. The third-order valence-electron chi connectivity index (χ3n) is 5.28. The summed E-state index contributed by atoms with van der Waals surface area (Å²) in [5.74, 6) is -0.132. The molecular weight excluding hydrogens is 386 g/mol. The molecule has 1 saturated heterocycles. The van der Waals surface area contributed by atoms with Gasteiger partial charge in [0.25, 0.3) is 0 Å². The van der Waals surface area contributed by atoms with Gasteiger partial charge in [-0.25, -0.2) is 8.42 Å². The highest BCUT2D eigenvalue weighted by Crippen LogP contribution is 2.25. The Bertz CT molecular complexity index is 939. The number of aryl methyl sites for hydroxylation is 1. The number of rotatable bonds is 6. The van der Waals surface area contributed by atoms with Crippen LogP contribution in [0.2, 0.25) is 0 Å². The Morgan fingerprint density at radius 3 is 2.24 bits per heavy atom. The average Bonchev–Trinajstić information content (AvgIpc) is 2.71. The Kier molecular flexibility index (Phi) is 6.47. The molecule has 156 valence electrons. The van der Waals surface area contributed by atoms with Crippen molar-refractivity contribution < 1.29 is 13.2 Å². The highest BCUT2D eigenvalue weighted by molar-refractivity contribution is 7.92. The number of anilines is 2. The number of benzene rings is 2. The minimum absolute atomic E-state index is 0.132. The largest absolute Gasteiger partial charge is 0.368 e. The number of carbonyl (C=O) groups is 1. The Morgan fingerprint density at radius 2 is 1.69 bits per heavy atom. The second-order valence-corrected chi connectivity index (χ2v) is 9.33. The summed E-state index contributed by atoms with van der Waals surface area (Å²) in [6, 6.07) is 16.7. The molecule has 0 unspecified atom stereocenters. The van der Waals surface area contributed by atoms with Crippen molar-refractivity contribution in [2.75, 3.05) is 41.6 Å². The molecule has 2 aromatic carbocycles. The van der Waals surface area contributed by atoms with Crippen molar-refractivity contribution in [1.29, 1.82) is 0 Å². The fourth-order valence-corrected chi connectivity index (χ4v) is 5.04. The Balaban J connectivity index is 1.78. The molecule has 1 fully saturated rings. The topological polar surface area (TPSA) is 60.9 Å². The molecule has 7 heteroatoms. The molecule has 1 aliphatic rings. The standard InChI is InChI=1S/C22H29N3O3S/c1-4-21(25(29(3,27)28)20-12-8-9-18(2)17-20)22(26)24-15-13-23(14-16-24)19-10-6-5-7-11-19/h5-12,17,21H,4,13-16H2,1-3H3/t21-/m1/s1. The molecule has 29 heavy (non-hydrogen) atoms. The zero-order valence-electron chi connectivity index (χ0n) is 17.3. The number of carbonyl (C=O) groups excluding carboxylic acids is 1. The summed E-state index contributed by atoms with van der Waals surface area (Å²) in [6.45, 7) is 6.39. The normalized spacial score (nSPS) is 15.8. The van der Waals surface area contributed by atoms with Crippen LogP contribution in [0.3, 0.4) is 0 Å². The van der Waals surface area contributed by atoms with Gasteiger partial charge in [-0.05, 0) is 43.2 Å². The van der Waals surface area contributed by atoms with Gasteiger partial charge in [-0.15, -0.1) is 0 Å². The van der Waals surface area contributed by atoms with Gasteiger partial charge in [0, 0.05) is 31.9 Å². The molecule has 1 heterocycles. The number of amides is 1. The summed E-state index contributed by atoms with van der Waals surface area (Å²) < 4.78 is 26.5. The highest BCUT2D eigenvalue weighted by atomic mass is 32.2. The molecule has 3 rings (SSSR count). The van der Waals surface area contributed by atoms with Gasteiger partial charge >= 0.3 is 0 Å². The van der Waals surface area contributed by atoms with Crippen LogP contribution in [0.4, 0.5) is 11.4 Å². The molecule has 1 atom stereocenters. The highest BCUT2D eigenvalue weighted by Gasteiger charge is 2.35. The monoisotopic (exact) mass is 415 g/mol. The minimum Gasteiger partial charge on any atom is -0.368 e. The quantitative estimate of drug-likeness (QED) is 0.728. The average molecular weight is 416 g/mol. The minimum atomic E-state index is -3.61. The van der Waals surface area contributed by atoms with Crippen molar-refractivity contribution in [3.8, 4) is 0 Å². The molecule has 6 nitrogen and oxygen atoms in total. The summed E-state index contributed by atoms with van der Waals surface area (Å²) in [5, 5.41) is 0. The second kappa shape index (κ2) is 8.86. The van der Waals surface area contributed by atoms with E-state index in [1.165, 1.54) is 10.6 Å². The molecule has 0 N–H and O–H groups in total. The number of para-hydroxylation sites is 1. The summed E-state index contributed by atoms with van der Waals surface area (Å²) in [4.78, 5) is 17.4. The van der Waals surface area contributed by atoms with Crippen LogP contribution >= 0.6 is 0 Å². The van der Waals surface area contributed by atoms with E-state index >= 15 is 0 Å². The van der Waals surface area contributed by atoms with E-state index in [-0.39, 0.29) is 5.91 Å². The van der Waals surface area contributed by atoms with Crippen molar-refractivity contribution in [3.63, 3.8) is 0 Å². The van der Waals surface area contributed by atoms with Crippen LogP contribution in [-0.4, -0.2) is 57.7 Å². The number of piperazine rings is 1. The molecule has 0 saturated carbocycles. The zero-order valence-corrected chi connectivity index (χ0v) is 18.1. The summed E-state index contributed by atoms with van der Waals surface area (Å²) in [7, 11) is -3.61. The summed E-state index contributed by atoms with van der Waals surface area (Å²) in [6.07, 6.45) is 1.58. The summed E-state index contributed by atoms with van der Waals surface area (Å²) >= 11 is 0. The lowest BCUT2D eigenvalue weighted by atomic mass is 10.1. The van der Waals surface area contributed by atoms with E-state index in [0.717, 1.165) is 24.3 Å². The molecule has 0 aromatic heterocycles. The van der Waals surface area contributed by atoms with E-state index in [1.807, 2.05) is 50.2 Å². The zero-order chi connectivity index (χ0) is 21.0. The fourth-order valence-electron chi connectivity index (χ4n) is 3.84. The van der Waals surface area contributed by atoms with E-state index in [4.69, 9.17) is 0 Å². The first kappa shape index (κ1) is 21.2. The van der Waals surface area contributed by atoms with Gasteiger partial charge in [0.2, 0.25) is 15.9 Å². The third kappa shape index (κ3) is 4.90. The Labute approximate surface area is 173 Å². The van der Waals surface area contributed by atoms with Crippen molar-refractivity contribution in [2.45, 2.75) is 26.3 Å². The van der Waals surface area contributed by atoms with E-state index in [0.29, 0.717) is 25.2 Å². The smallest absolute Gasteiger partial charge is 0.246 e. The fraction of sp³-hybridized carbons (Fsp3) is 0.409. The summed E-state index contributed by atoms with van der Waals surface area (Å²) in [5.41, 5.74) is 2.63. The van der Waals surface area contributed by atoms with Crippen LogP contribution in [-0.2, 0) is 14.8 Å². The van der Waals surface area contributed by atoms with Gasteiger partial charge in [-0.3, -0.25) is 9.10 Å². The van der Waals surface area contributed by atoms with Gasteiger partial charge in [-0.1, -0.05) is 37.3 Å². The Morgan fingerprint density at radius 1 is 1.03 bits per heavy atom. The van der Waals surface area contributed by atoms with Crippen LogP contribution in [0.1, 0.15) is 18.9 Å². The van der Waals surface area contributed by atoms with E-state index in [2.05, 4.69) is 17.0 Å². The van der Waals surface area contributed by atoms with E-state index < -0.39 is 16.1 Å². The molecule has 0 bridgehead atoms. The van der Waals surface area contributed by atoms with E-state index in [1.54, 1.807) is 11.0 Å². The molecule has 0 aliphatic carbocycles. The van der Waals surface area contributed by atoms with Crippen LogP contribution in [0.15, 0.2) is 54.6 Å². The van der Waals surface area contributed by atoms with Gasteiger partial charge in [-0.2, -0.15) is 0 Å². The van der Waals surface area contributed by atoms with Crippen LogP contribution in [0.25, 0.3) is 0 Å². The molecule has 1 amide bonds. The maximum absolute atomic E-state index is 13.3. The molecular formula is C22H29N3O3S. The first-order valence-corrected chi connectivity index (χ1v) is 11.8. The first-order chi connectivity index (χ1) is 13.8. The SMILES string of the molecule is CC[C@H](C(=O)N1CCN(c2ccccc2)CC1)N(c1cccc(C)c1)S(C)(=O)=O. The predicted octanol–water partition coefficient (Wildman–Crippen LogP) is 2.89. The van der Waals surface area contributed by atoms with Crippen LogP contribution in [0, 0.1) is 6.92 Å². The van der Waals surface area contributed by atoms with Crippen LogP contribution < -0.4 is 9.21 Å². The third-order valence-corrected chi connectivity index (χ3v) is 6.46. The van der Waals surface area contributed by atoms with Crippen molar-refractivity contribution in [1.82, 2.24) is 4.90 Å². The van der Waals surface area contributed by atoms with Gasteiger partial charge in [0.05, 0.1) is 11.9 Å². The predicted molar refractivity (Wildman–Crippen MR) is 118 cm³/mol. The second-order valence-electron chi connectivity index (χ2n) is 7.47. The van der Waals surface area contributed by atoms with Gasteiger partial charge < -0.3 is 9.80 Å². The maximum atomic E-state index is 13.3. The lowest BCUT2D eigenvalue weighted by Gasteiger charge is -2.39. The number of hydrogen-bond donors (Lipinski definition) is 0. The number of nitrogens with zero attached hydrogens (tertiary/aromatic N) is 3. The molecule has 2 aromatic rings. The lowest BCUT2D eigenvalue weighted by Crippen LogP contribution is -2.56. The molecule has 1 aliphatic heterocycles. The van der Waals surface area contributed by atoms with Crippen molar-refractivity contribution in [3.05, 3.63) is 60.2 Å². The van der Waals surface area contributed by atoms with Crippen molar-refractivity contribution in [2.24, 2.45) is 0 Å². The lowest BCUT2D eigenvalue weighted by molar-refractivity contribution is -0.132. The number of hydrogen-bond acceptors (Lipinski definition) is 4. The van der Waals surface area contributed by atoms with E-state index in [9.17, 15) is 13.2 Å². The van der Waals surface area contributed by atoms with Crippen LogP contribution in [0.5, 0.6) is 0 Å². The number of sulfonamides is 1.